The molecule has 1 fully saturated rings. The average molecular weight is 510 g/mol. The topological polar surface area (TPSA) is 56.7 Å². The Morgan fingerprint density at radius 3 is 2.66 bits per heavy atom. The Morgan fingerprint density at radius 1 is 1.21 bits per heavy atom. The highest BCUT2D eigenvalue weighted by atomic mass is 127. The third-order valence-electron chi connectivity index (χ3n) is 4.93. The maximum absolute atomic E-state index is 13.9. The molecule has 1 aliphatic carbocycles. The summed E-state index contributed by atoms with van der Waals surface area (Å²) < 4.78 is 13.9. The molecule has 3 rings (SSSR count). The summed E-state index contributed by atoms with van der Waals surface area (Å²) in [6.07, 6.45) is 1.67. The van der Waals surface area contributed by atoms with E-state index >= 15 is 0 Å². The minimum Gasteiger partial charge on any atom is -0.356 e. The fourth-order valence-electron chi connectivity index (χ4n) is 3.29. The van der Waals surface area contributed by atoms with Crippen molar-refractivity contribution in [3.63, 3.8) is 0 Å². The summed E-state index contributed by atoms with van der Waals surface area (Å²) in [4.78, 5) is 17.9. The lowest BCUT2D eigenvalue weighted by Gasteiger charge is -2.13. The summed E-state index contributed by atoms with van der Waals surface area (Å²) in [5.74, 6) is 0.755. The lowest BCUT2D eigenvalue weighted by atomic mass is 10.1. The number of carbonyl (C=O) groups is 1. The number of nitrogens with one attached hydrogen (secondary N) is 2. The molecule has 0 bridgehead atoms. The van der Waals surface area contributed by atoms with Crippen molar-refractivity contribution in [2.75, 3.05) is 27.7 Å². The first-order valence-electron chi connectivity index (χ1n) is 9.51. The molecule has 2 atom stereocenters. The van der Waals surface area contributed by atoms with Crippen molar-refractivity contribution in [3.05, 3.63) is 71.0 Å². The number of guanidine groups is 1. The summed E-state index contributed by atoms with van der Waals surface area (Å²) in [6, 6.07) is 14.8. The zero-order chi connectivity index (χ0) is 20.1. The Balaban J connectivity index is 0.00000300. The Kier molecular flexibility index (Phi) is 8.43. The SMILES string of the molecule is CN=C(NCCc1cccc(C(=O)N(C)C)c1)NC1CC1c1ccccc1F.I. The number of amides is 1. The van der Waals surface area contributed by atoms with Crippen molar-refractivity contribution in [2.45, 2.75) is 24.8 Å². The molecule has 2 aromatic carbocycles. The maximum Gasteiger partial charge on any atom is 0.253 e. The number of aliphatic imine (C=N–C) groups is 1. The molecule has 0 saturated heterocycles. The molecule has 5 nitrogen and oxygen atoms in total. The standard InChI is InChI=1S/C22H27FN4O.HI/c1-24-22(26-20-14-18(20)17-9-4-5-10-19(17)23)25-12-11-15-7-6-8-16(13-15)21(28)27(2)3;/h4-10,13,18,20H,11-12,14H2,1-3H3,(H2,24,25,26);1H. The zero-order valence-corrected chi connectivity index (χ0v) is 19.3. The molecular formula is C22H28FIN4O. The van der Waals surface area contributed by atoms with Crippen LogP contribution in [0.5, 0.6) is 0 Å². The van der Waals surface area contributed by atoms with Gasteiger partial charge in [0.2, 0.25) is 0 Å². The van der Waals surface area contributed by atoms with Crippen LogP contribution in [0.3, 0.4) is 0 Å². The first kappa shape index (κ1) is 23.1. The van der Waals surface area contributed by atoms with Crippen LogP contribution in [0.25, 0.3) is 0 Å². The van der Waals surface area contributed by atoms with E-state index in [0.717, 1.165) is 24.0 Å². The molecule has 0 spiro atoms. The first-order valence-corrected chi connectivity index (χ1v) is 9.51. The smallest absolute Gasteiger partial charge is 0.253 e. The third kappa shape index (κ3) is 6.16. The molecule has 1 saturated carbocycles. The number of rotatable bonds is 6. The van der Waals surface area contributed by atoms with Crippen LogP contribution in [0.4, 0.5) is 4.39 Å². The molecule has 1 amide bonds. The van der Waals surface area contributed by atoms with Gasteiger partial charge in [0.25, 0.3) is 5.91 Å². The van der Waals surface area contributed by atoms with Gasteiger partial charge >= 0.3 is 0 Å². The number of halogens is 2. The van der Waals surface area contributed by atoms with E-state index in [1.165, 1.54) is 6.07 Å². The molecule has 2 unspecified atom stereocenters. The lowest BCUT2D eigenvalue weighted by molar-refractivity contribution is 0.0827. The third-order valence-corrected chi connectivity index (χ3v) is 4.93. The Bertz CT molecular complexity index is 871. The van der Waals surface area contributed by atoms with Crippen molar-refractivity contribution in [3.8, 4) is 0 Å². The molecule has 2 N–H and O–H groups in total. The number of benzene rings is 2. The van der Waals surface area contributed by atoms with Gasteiger partial charge in [0.15, 0.2) is 5.96 Å². The maximum atomic E-state index is 13.9. The molecule has 29 heavy (non-hydrogen) atoms. The molecule has 7 heteroatoms. The molecule has 0 aliphatic heterocycles. The van der Waals surface area contributed by atoms with Gasteiger partial charge in [-0.25, -0.2) is 4.39 Å². The van der Waals surface area contributed by atoms with E-state index in [-0.39, 0.29) is 47.7 Å². The highest BCUT2D eigenvalue weighted by Gasteiger charge is 2.40. The van der Waals surface area contributed by atoms with Gasteiger partial charge in [-0.2, -0.15) is 0 Å². The van der Waals surface area contributed by atoms with E-state index in [1.54, 1.807) is 32.1 Å². The van der Waals surface area contributed by atoms with E-state index in [9.17, 15) is 9.18 Å². The Hall–Kier alpha value is -2.16. The van der Waals surface area contributed by atoms with Crippen LogP contribution < -0.4 is 10.6 Å². The number of carbonyl (C=O) groups excluding carboxylic acids is 1. The van der Waals surface area contributed by atoms with Gasteiger partial charge in [-0.1, -0.05) is 30.3 Å². The van der Waals surface area contributed by atoms with Crippen molar-refractivity contribution in [1.29, 1.82) is 0 Å². The highest BCUT2D eigenvalue weighted by Crippen LogP contribution is 2.41. The minimum atomic E-state index is -0.146. The molecule has 0 aromatic heterocycles. The molecule has 156 valence electrons. The van der Waals surface area contributed by atoms with E-state index < -0.39 is 0 Å². The number of nitrogens with zero attached hydrogens (tertiary/aromatic N) is 2. The van der Waals surface area contributed by atoms with Gasteiger partial charge in [0.1, 0.15) is 5.82 Å². The van der Waals surface area contributed by atoms with Gasteiger partial charge in [0.05, 0.1) is 0 Å². The van der Waals surface area contributed by atoms with Gasteiger partial charge < -0.3 is 15.5 Å². The van der Waals surface area contributed by atoms with Crippen LogP contribution in [-0.2, 0) is 6.42 Å². The fraction of sp³-hybridized carbons (Fsp3) is 0.364. The van der Waals surface area contributed by atoms with Crippen LogP contribution in [0.1, 0.15) is 33.8 Å². The molecule has 1 aliphatic rings. The zero-order valence-electron chi connectivity index (χ0n) is 17.0. The average Bonchev–Trinajstić information content (AvgIpc) is 3.46. The molecular weight excluding hydrogens is 482 g/mol. The van der Waals surface area contributed by atoms with Gasteiger partial charge in [0, 0.05) is 45.2 Å². The largest absolute Gasteiger partial charge is 0.356 e. The summed E-state index contributed by atoms with van der Waals surface area (Å²) >= 11 is 0. The number of hydrogen-bond acceptors (Lipinski definition) is 2. The normalized spacial score (nSPS) is 17.9. The lowest BCUT2D eigenvalue weighted by Crippen LogP contribution is -2.40. The predicted octanol–water partition coefficient (Wildman–Crippen LogP) is 3.41. The summed E-state index contributed by atoms with van der Waals surface area (Å²) in [5, 5.41) is 6.66. The second-order valence-electron chi connectivity index (χ2n) is 7.26. The minimum absolute atomic E-state index is 0. The van der Waals surface area contributed by atoms with E-state index in [2.05, 4.69) is 15.6 Å². The fourth-order valence-corrected chi connectivity index (χ4v) is 3.29. The van der Waals surface area contributed by atoms with Crippen molar-refractivity contribution in [2.24, 2.45) is 4.99 Å². The second-order valence-corrected chi connectivity index (χ2v) is 7.26. The van der Waals surface area contributed by atoms with Crippen molar-refractivity contribution < 1.29 is 9.18 Å². The van der Waals surface area contributed by atoms with Crippen LogP contribution in [0.15, 0.2) is 53.5 Å². The van der Waals surface area contributed by atoms with E-state index in [0.29, 0.717) is 18.1 Å². The van der Waals surface area contributed by atoms with Crippen LogP contribution in [0, 0.1) is 5.82 Å². The molecule has 0 radical (unpaired) electrons. The van der Waals surface area contributed by atoms with Crippen LogP contribution >= 0.6 is 24.0 Å². The van der Waals surface area contributed by atoms with Crippen molar-refractivity contribution in [1.82, 2.24) is 15.5 Å². The van der Waals surface area contributed by atoms with Gasteiger partial charge in [-0.15, -0.1) is 24.0 Å². The summed E-state index contributed by atoms with van der Waals surface area (Å²) in [7, 11) is 5.23. The Morgan fingerprint density at radius 2 is 1.97 bits per heavy atom. The second kappa shape index (κ2) is 10.6. The quantitative estimate of drug-likeness (QED) is 0.356. The Labute approximate surface area is 188 Å². The van der Waals surface area contributed by atoms with Gasteiger partial charge in [-0.3, -0.25) is 9.79 Å². The van der Waals surface area contributed by atoms with Crippen molar-refractivity contribution >= 4 is 35.8 Å². The monoisotopic (exact) mass is 510 g/mol. The van der Waals surface area contributed by atoms with Gasteiger partial charge in [-0.05, 0) is 42.2 Å². The van der Waals surface area contributed by atoms with Crippen LogP contribution in [0.2, 0.25) is 0 Å². The molecule has 0 heterocycles. The highest BCUT2D eigenvalue weighted by molar-refractivity contribution is 14.0. The van der Waals surface area contributed by atoms with E-state index in [4.69, 9.17) is 0 Å². The summed E-state index contributed by atoms with van der Waals surface area (Å²) in [5.41, 5.74) is 2.54. The molecule has 2 aromatic rings. The predicted molar refractivity (Wildman–Crippen MR) is 126 cm³/mol. The van der Waals surface area contributed by atoms with E-state index in [1.807, 2.05) is 36.4 Å². The number of hydrogen-bond donors (Lipinski definition) is 2. The van der Waals surface area contributed by atoms with Crippen LogP contribution in [-0.4, -0.2) is 50.5 Å². The summed E-state index contributed by atoms with van der Waals surface area (Å²) in [6.45, 7) is 0.691. The first-order chi connectivity index (χ1) is 13.5.